The molecule has 82 valence electrons. The predicted octanol–water partition coefficient (Wildman–Crippen LogP) is 1.47. The molecule has 15 heavy (non-hydrogen) atoms. The maximum absolute atomic E-state index is 11.3. The van der Waals surface area contributed by atoms with Crippen molar-refractivity contribution in [2.24, 2.45) is 5.73 Å². The van der Waals surface area contributed by atoms with E-state index in [1.54, 1.807) is 12.1 Å². The Kier molecular flexibility index (Phi) is 3.68. The molecule has 0 unspecified atom stereocenters. The van der Waals surface area contributed by atoms with Gasteiger partial charge in [-0.15, -0.1) is 0 Å². The Hall–Kier alpha value is -1.55. The number of rotatable bonds is 3. The predicted molar refractivity (Wildman–Crippen MR) is 59.4 cm³/mol. The SMILES string of the molecule is CC(C)c1ccc(C(=O)OCN)cc1N. The summed E-state index contributed by atoms with van der Waals surface area (Å²) in [6.45, 7) is 3.97. The first-order chi connectivity index (χ1) is 7.06. The lowest BCUT2D eigenvalue weighted by atomic mass is 9.99. The zero-order chi connectivity index (χ0) is 11.4. The van der Waals surface area contributed by atoms with E-state index in [9.17, 15) is 4.79 Å². The maximum atomic E-state index is 11.3. The maximum Gasteiger partial charge on any atom is 0.339 e. The van der Waals surface area contributed by atoms with E-state index < -0.39 is 5.97 Å². The van der Waals surface area contributed by atoms with Gasteiger partial charge in [-0.3, -0.25) is 5.73 Å². The van der Waals surface area contributed by atoms with Gasteiger partial charge in [-0.2, -0.15) is 0 Å². The van der Waals surface area contributed by atoms with Crippen LogP contribution in [0.15, 0.2) is 18.2 Å². The van der Waals surface area contributed by atoms with Crippen LogP contribution in [0.5, 0.6) is 0 Å². The molecular weight excluding hydrogens is 192 g/mol. The first-order valence-electron chi connectivity index (χ1n) is 4.83. The molecule has 1 aromatic rings. The van der Waals surface area contributed by atoms with Crippen LogP contribution >= 0.6 is 0 Å². The summed E-state index contributed by atoms with van der Waals surface area (Å²) in [5.41, 5.74) is 13.0. The molecule has 0 fully saturated rings. The molecule has 0 aliphatic rings. The summed E-state index contributed by atoms with van der Waals surface area (Å²) >= 11 is 0. The highest BCUT2D eigenvalue weighted by atomic mass is 16.5. The van der Waals surface area contributed by atoms with Gasteiger partial charge < -0.3 is 10.5 Å². The number of carbonyl (C=O) groups is 1. The molecule has 4 N–H and O–H groups in total. The molecule has 0 aliphatic heterocycles. The van der Waals surface area contributed by atoms with Crippen molar-refractivity contribution in [2.75, 3.05) is 12.5 Å². The molecule has 0 aromatic heterocycles. The summed E-state index contributed by atoms with van der Waals surface area (Å²) in [6, 6.07) is 5.16. The van der Waals surface area contributed by atoms with E-state index in [1.165, 1.54) is 0 Å². The third-order valence-electron chi connectivity index (χ3n) is 2.16. The van der Waals surface area contributed by atoms with Gasteiger partial charge in [0.1, 0.15) is 6.73 Å². The highest BCUT2D eigenvalue weighted by Crippen LogP contribution is 2.22. The van der Waals surface area contributed by atoms with Gasteiger partial charge in [-0.05, 0) is 23.6 Å². The van der Waals surface area contributed by atoms with Crippen molar-refractivity contribution in [1.29, 1.82) is 0 Å². The Morgan fingerprint density at radius 3 is 2.60 bits per heavy atom. The Balaban J connectivity index is 2.96. The number of hydrogen-bond acceptors (Lipinski definition) is 4. The summed E-state index contributed by atoms with van der Waals surface area (Å²) in [5, 5.41) is 0. The molecule has 1 aromatic carbocycles. The molecular formula is C11H16N2O2. The van der Waals surface area contributed by atoms with Gasteiger partial charge in [0.2, 0.25) is 0 Å². The fourth-order valence-electron chi connectivity index (χ4n) is 1.39. The van der Waals surface area contributed by atoms with E-state index in [4.69, 9.17) is 11.5 Å². The molecule has 0 atom stereocenters. The number of hydrogen-bond donors (Lipinski definition) is 2. The summed E-state index contributed by atoms with van der Waals surface area (Å²) in [4.78, 5) is 11.3. The van der Waals surface area contributed by atoms with Crippen LogP contribution in [0.2, 0.25) is 0 Å². The van der Waals surface area contributed by atoms with Gasteiger partial charge in [-0.25, -0.2) is 4.79 Å². The van der Waals surface area contributed by atoms with E-state index in [-0.39, 0.29) is 6.73 Å². The molecule has 4 heteroatoms. The van der Waals surface area contributed by atoms with Gasteiger partial charge in [0, 0.05) is 5.69 Å². The van der Waals surface area contributed by atoms with E-state index in [1.807, 2.05) is 19.9 Å². The lowest BCUT2D eigenvalue weighted by Gasteiger charge is -2.10. The van der Waals surface area contributed by atoms with Crippen molar-refractivity contribution < 1.29 is 9.53 Å². The van der Waals surface area contributed by atoms with Crippen LogP contribution in [0, 0.1) is 0 Å². The smallest absolute Gasteiger partial charge is 0.339 e. The fraction of sp³-hybridized carbons (Fsp3) is 0.364. The third-order valence-corrected chi connectivity index (χ3v) is 2.16. The van der Waals surface area contributed by atoms with E-state index in [2.05, 4.69) is 4.74 Å². The number of ether oxygens (including phenoxy) is 1. The second-order valence-corrected chi connectivity index (χ2v) is 3.60. The zero-order valence-electron chi connectivity index (χ0n) is 8.99. The summed E-state index contributed by atoms with van der Waals surface area (Å²) in [6.07, 6.45) is 0. The molecule has 1 rings (SSSR count). The van der Waals surface area contributed by atoms with Crippen LogP contribution in [-0.4, -0.2) is 12.7 Å². The van der Waals surface area contributed by atoms with E-state index >= 15 is 0 Å². The van der Waals surface area contributed by atoms with Crippen molar-refractivity contribution >= 4 is 11.7 Å². The molecule has 0 heterocycles. The number of carbonyl (C=O) groups excluding carboxylic acids is 1. The normalized spacial score (nSPS) is 10.4. The molecule has 0 bridgehead atoms. The fourth-order valence-corrected chi connectivity index (χ4v) is 1.39. The van der Waals surface area contributed by atoms with Crippen molar-refractivity contribution in [3.8, 4) is 0 Å². The van der Waals surface area contributed by atoms with Crippen molar-refractivity contribution in [3.05, 3.63) is 29.3 Å². The Morgan fingerprint density at radius 1 is 1.47 bits per heavy atom. The van der Waals surface area contributed by atoms with Crippen molar-refractivity contribution in [1.82, 2.24) is 0 Å². The Morgan fingerprint density at radius 2 is 2.13 bits per heavy atom. The minimum Gasteiger partial charge on any atom is -0.446 e. The highest BCUT2D eigenvalue weighted by molar-refractivity contribution is 5.90. The van der Waals surface area contributed by atoms with Crippen LogP contribution in [-0.2, 0) is 4.74 Å². The van der Waals surface area contributed by atoms with Gasteiger partial charge in [-0.1, -0.05) is 19.9 Å². The Labute approximate surface area is 89.2 Å². The quantitative estimate of drug-likeness (QED) is 0.448. The summed E-state index contributed by atoms with van der Waals surface area (Å²) < 4.78 is 4.67. The van der Waals surface area contributed by atoms with Gasteiger partial charge in [0.25, 0.3) is 0 Å². The minimum atomic E-state index is -0.445. The van der Waals surface area contributed by atoms with Gasteiger partial charge in [0.15, 0.2) is 0 Å². The van der Waals surface area contributed by atoms with Gasteiger partial charge in [0.05, 0.1) is 5.56 Å². The summed E-state index contributed by atoms with van der Waals surface area (Å²) in [5.74, 6) is -0.107. The van der Waals surface area contributed by atoms with Crippen molar-refractivity contribution in [2.45, 2.75) is 19.8 Å². The standard InChI is InChI=1S/C11H16N2O2/c1-7(2)9-4-3-8(5-10(9)13)11(14)15-6-12/h3-5,7H,6,12-13H2,1-2H3. The van der Waals surface area contributed by atoms with Crippen LogP contribution in [0.3, 0.4) is 0 Å². The number of anilines is 1. The molecule has 0 aliphatic carbocycles. The topological polar surface area (TPSA) is 78.3 Å². The first kappa shape index (κ1) is 11.5. The van der Waals surface area contributed by atoms with Crippen molar-refractivity contribution in [3.63, 3.8) is 0 Å². The molecule has 0 saturated heterocycles. The second-order valence-electron chi connectivity index (χ2n) is 3.60. The second kappa shape index (κ2) is 4.79. The largest absolute Gasteiger partial charge is 0.446 e. The van der Waals surface area contributed by atoms with Gasteiger partial charge >= 0.3 is 5.97 Å². The molecule has 4 nitrogen and oxygen atoms in total. The molecule has 0 amide bonds. The number of esters is 1. The highest BCUT2D eigenvalue weighted by Gasteiger charge is 2.10. The Bertz CT molecular complexity index is 362. The van der Waals surface area contributed by atoms with Crippen LogP contribution in [0.1, 0.15) is 35.7 Å². The molecule has 0 saturated carbocycles. The van der Waals surface area contributed by atoms with Crippen LogP contribution in [0.4, 0.5) is 5.69 Å². The average Bonchev–Trinajstić information content (AvgIpc) is 2.17. The lowest BCUT2D eigenvalue weighted by Crippen LogP contribution is -2.12. The average molecular weight is 208 g/mol. The summed E-state index contributed by atoms with van der Waals surface area (Å²) in [7, 11) is 0. The number of nitrogens with two attached hydrogens (primary N) is 2. The third kappa shape index (κ3) is 2.70. The molecule has 0 radical (unpaired) electrons. The lowest BCUT2D eigenvalue weighted by molar-refractivity contribution is 0.0515. The minimum absolute atomic E-state index is 0.120. The van der Waals surface area contributed by atoms with Crippen LogP contribution < -0.4 is 11.5 Å². The van der Waals surface area contributed by atoms with E-state index in [0.29, 0.717) is 17.2 Å². The monoisotopic (exact) mass is 208 g/mol. The first-order valence-corrected chi connectivity index (χ1v) is 4.83. The van der Waals surface area contributed by atoms with E-state index in [0.717, 1.165) is 5.56 Å². The zero-order valence-corrected chi connectivity index (χ0v) is 8.99. The van der Waals surface area contributed by atoms with Crippen LogP contribution in [0.25, 0.3) is 0 Å². The molecule has 0 spiro atoms. The number of nitrogen functional groups attached to an aromatic ring is 1. The number of benzene rings is 1.